The highest BCUT2D eigenvalue weighted by molar-refractivity contribution is 5.55. The molecule has 2 fully saturated rings. The van der Waals surface area contributed by atoms with Crippen LogP contribution in [-0.4, -0.2) is 41.0 Å². The Balaban J connectivity index is 1.56. The molecule has 0 amide bonds. The van der Waals surface area contributed by atoms with Crippen LogP contribution in [0.5, 0.6) is 0 Å². The minimum absolute atomic E-state index is 0.537. The van der Waals surface area contributed by atoms with Crippen molar-refractivity contribution in [3.63, 3.8) is 0 Å². The van der Waals surface area contributed by atoms with Gasteiger partial charge in [-0.15, -0.1) is 0 Å². The zero-order valence-corrected chi connectivity index (χ0v) is 13.2. The maximum atomic E-state index is 6.02. The Morgan fingerprint density at radius 2 is 1.90 bits per heavy atom. The highest BCUT2D eigenvalue weighted by Crippen LogP contribution is 2.39. The molecule has 0 saturated heterocycles. The van der Waals surface area contributed by atoms with Crippen LogP contribution in [0.3, 0.4) is 0 Å². The predicted octanol–water partition coefficient (Wildman–Crippen LogP) is 2.53. The van der Waals surface area contributed by atoms with Crippen LogP contribution in [0.1, 0.15) is 55.8 Å². The first-order chi connectivity index (χ1) is 10.1. The molecule has 0 atom stereocenters. The summed E-state index contributed by atoms with van der Waals surface area (Å²) in [7, 11) is 2.23. The van der Waals surface area contributed by atoms with Gasteiger partial charge in [-0.05, 0) is 39.7 Å². The number of nitrogens with two attached hydrogens (primary N) is 1. The van der Waals surface area contributed by atoms with Gasteiger partial charge < -0.3 is 16.0 Å². The van der Waals surface area contributed by atoms with Crippen LogP contribution in [0.15, 0.2) is 0 Å². The average molecular weight is 289 g/mol. The summed E-state index contributed by atoms with van der Waals surface area (Å²) in [5.41, 5.74) is 6.99. The maximum Gasteiger partial charge on any atom is 0.136 e. The van der Waals surface area contributed by atoms with Crippen molar-refractivity contribution >= 4 is 11.6 Å². The molecular weight excluding hydrogens is 262 g/mol. The number of nitrogens with zero attached hydrogens (tertiary/aromatic N) is 3. The number of nitrogens with one attached hydrogen (secondary N) is 1. The Kier molecular flexibility index (Phi) is 4.29. The van der Waals surface area contributed by atoms with E-state index in [0.29, 0.717) is 11.7 Å². The van der Waals surface area contributed by atoms with Gasteiger partial charge in [0.15, 0.2) is 0 Å². The van der Waals surface area contributed by atoms with Gasteiger partial charge in [-0.2, -0.15) is 0 Å². The summed E-state index contributed by atoms with van der Waals surface area (Å²) in [6, 6.07) is 0.769. The zero-order valence-electron chi connectivity index (χ0n) is 13.2. The van der Waals surface area contributed by atoms with Gasteiger partial charge in [0, 0.05) is 30.6 Å². The van der Waals surface area contributed by atoms with Crippen molar-refractivity contribution < 1.29 is 0 Å². The number of nitrogen functional groups attached to an aromatic ring is 1. The third-order valence-corrected chi connectivity index (χ3v) is 4.85. The second-order valence-corrected chi connectivity index (χ2v) is 6.56. The van der Waals surface area contributed by atoms with Crippen molar-refractivity contribution in [2.45, 2.75) is 57.4 Å². The standard InChI is InChI=1S/C16H27N5/c1-11-14(17)19-16(12-7-8-12)20-15(11)18-9-10-21(2)13-5-3-4-6-13/h12-13H,3-10H2,1-2H3,(H3,17,18,19,20). The second-order valence-electron chi connectivity index (χ2n) is 6.56. The quantitative estimate of drug-likeness (QED) is 0.842. The molecule has 21 heavy (non-hydrogen) atoms. The Morgan fingerprint density at radius 3 is 2.57 bits per heavy atom. The minimum atomic E-state index is 0.537. The molecule has 5 nitrogen and oxygen atoms in total. The van der Waals surface area contributed by atoms with E-state index in [0.717, 1.165) is 36.3 Å². The summed E-state index contributed by atoms with van der Waals surface area (Å²) < 4.78 is 0. The van der Waals surface area contributed by atoms with E-state index in [1.807, 2.05) is 6.92 Å². The largest absolute Gasteiger partial charge is 0.383 e. The zero-order chi connectivity index (χ0) is 14.8. The van der Waals surface area contributed by atoms with E-state index in [-0.39, 0.29) is 0 Å². The SMILES string of the molecule is Cc1c(N)nc(C2CC2)nc1NCCN(C)C1CCCC1. The Morgan fingerprint density at radius 1 is 1.19 bits per heavy atom. The van der Waals surface area contributed by atoms with Crippen molar-refractivity contribution in [3.05, 3.63) is 11.4 Å². The number of rotatable bonds is 6. The van der Waals surface area contributed by atoms with Crippen LogP contribution >= 0.6 is 0 Å². The van der Waals surface area contributed by atoms with Crippen LogP contribution in [0.4, 0.5) is 11.6 Å². The van der Waals surface area contributed by atoms with Gasteiger partial charge in [-0.1, -0.05) is 12.8 Å². The van der Waals surface area contributed by atoms with E-state index in [2.05, 4.69) is 27.2 Å². The molecule has 116 valence electrons. The number of hydrogen-bond donors (Lipinski definition) is 2. The summed E-state index contributed by atoms with van der Waals surface area (Å²) in [6.07, 6.45) is 7.87. The number of likely N-dealkylation sites (N-methyl/N-ethyl adjacent to an activating group) is 1. The van der Waals surface area contributed by atoms with E-state index in [9.17, 15) is 0 Å². The molecule has 1 aromatic heterocycles. The fraction of sp³-hybridized carbons (Fsp3) is 0.750. The molecular formula is C16H27N5. The Bertz CT molecular complexity index is 492. The molecule has 3 rings (SSSR count). The van der Waals surface area contributed by atoms with Crippen LogP contribution in [0.2, 0.25) is 0 Å². The summed E-state index contributed by atoms with van der Waals surface area (Å²) in [5.74, 6) is 3.00. The average Bonchev–Trinajstić information content (AvgIpc) is 3.17. The third-order valence-electron chi connectivity index (χ3n) is 4.85. The highest BCUT2D eigenvalue weighted by Gasteiger charge is 2.28. The summed E-state index contributed by atoms with van der Waals surface area (Å²) in [4.78, 5) is 11.6. The van der Waals surface area contributed by atoms with Crippen LogP contribution < -0.4 is 11.1 Å². The van der Waals surface area contributed by atoms with Gasteiger partial charge in [-0.25, -0.2) is 9.97 Å². The summed E-state index contributed by atoms with van der Waals surface area (Å²) in [6.45, 7) is 3.95. The molecule has 2 aliphatic carbocycles. The molecule has 2 aliphatic rings. The Labute approximate surface area is 127 Å². The van der Waals surface area contributed by atoms with E-state index < -0.39 is 0 Å². The van der Waals surface area contributed by atoms with E-state index >= 15 is 0 Å². The first-order valence-electron chi connectivity index (χ1n) is 8.23. The summed E-state index contributed by atoms with van der Waals surface area (Å²) >= 11 is 0. The van der Waals surface area contributed by atoms with Crippen molar-refractivity contribution in [2.75, 3.05) is 31.2 Å². The molecule has 3 N–H and O–H groups in total. The van der Waals surface area contributed by atoms with Crippen molar-refractivity contribution in [3.8, 4) is 0 Å². The Hall–Kier alpha value is -1.36. The van der Waals surface area contributed by atoms with E-state index in [1.54, 1.807) is 0 Å². The van der Waals surface area contributed by atoms with E-state index in [1.165, 1.54) is 38.5 Å². The lowest BCUT2D eigenvalue weighted by molar-refractivity contribution is 0.254. The van der Waals surface area contributed by atoms with Crippen LogP contribution in [0, 0.1) is 6.92 Å². The molecule has 0 bridgehead atoms. The molecule has 0 aromatic carbocycles. The molecule has 0 spiro atoms. The number of anilines is 2. The summed E-state index contributed by atoms with van der Waals surface area (Å²) in [5, 5.41) is 3.46. The molecule has 5 heteroatoms. The minimum Gasteiger partial charge on any atom is -0.383 e. The van der Waals surface area contributed by atoms with Gasteiger partial charge in [0.1, 0.15) is 17.5 Å². The van der Waals surface area contributed by atoms with Crippen LogP contribution in [-0.2, 0) is 0 Å². The fourth-order valence-corrected chi connectivity index (χ4v) is 3.13. The molecule has 0 unspecified atom stereocenters. The van der Waals surface area contributed by atoms with Gasteiger partial charge in [-0.3, -0.25) is 0 Å². The molecule has 1 aromatic rings. The smallest absolute Gasteiger partial charge is 0.136 e. The van der Waals surface area contributed by atoms with Gasteiger partial charge in [0.05, 0.1) is 0 Å². The first-order valence-corrected chi connectivity index (χ1v) is 8.23. The van der Waals surface area contributed by atoms with Gasteiger partial charge in [0.2, 0.25) is 0 Å². The second kappa shape index (κ2) is 6.18. The lowest BCUT2D eigenvalue weighted by atomic mass is 10.2. The van der Waals surface area contributed by atoms with Gasteiger partial charge in [0.25, 0.3) is 0 Å². The van der Waals surface area contributed by atoms with Crippen LogP contribution in [0.25, 0.3) is 0 Å². The lowest BCUT2D eigenvalue weighted by Gasteiger charge is -2.24. The number of aromatic nitrogens is 2. The normalized spacial score (nSPS) is 19.4. The van der Waals surface area contributed by atoms with Crippen molar-refractivity contribution in [1.29, 1.82) is 0 Å². The van der Waals surface area contributed by atoms with Crippen molar-refractivity contribution in [2.24, 2.45) is 0 Å². The topological polar surface area (TPSA) is 67.1 Å². The molecule has 1 heterocycles. The molecule has 2 saturated carbocycles. The third kappa shape index (κ3) is 3.46. The van der Waals surface area contributed by atoms with Crippen molar-refractivity contribution in [1.82, 2.24) is 14.9 Å². The van der Waals surface area contributed by atoms with E-state index in [4.69, 9.17) is 5.73 Å². The highest BCUT2D eigenvalue weighted by atomic mass is 15.2. The fourth-order valence-electron chi connectivity index (χ4n) is 3.13. The maximum absolute atomic E-state index is 6.02. The monoisotopic (exact) mass is 289 g/mol. The number of hydrogen-bond acceptors (Lipinski definition) is 5. The lowest BCUT2D eigenvalue weighted by Crippen LogP contribution is -2.33. The van der Waals surface area contributed by atoms with Gasteiger partial charge >= 0.3 is 0 Å². The predicted molar refractivity (Wildman–Crippen MR) is 86.5 cm³/mol. The molecule has 0 aliphatic heterocycles. The first kappa shape index (κ1) is 14.6. The molecule has 0 radical (unpaired) electrons.